The van der Waals surface area contributed by atoms with Crippen molar-refractivity contribution in [3.05, 3.63) is 53.1 Å². The molecule has 68 valence electrons. The summed E-state index contributed by atoms with van der Waals surface area (Å²) in [4.78, 5) is 0. The molecule has 2 nitrogen and oxygen atoms in total. The number of fused-ring (bicyclic) bond motifs is 3. The number of hydrogen-bond acceptors (Lipinski definition) is 0. The zero-order valence-corrected chi connectivity index (χ0v) is 9.13. The fourth-order valence-electron chi connectivity index (χ4n) is 1.75. The topological polar surface area (TPSA) is 8.82 Å². The third-order valence-electron chi connectivity index (χ3n) is 2.39. The standard InChI is InChI=1S/C11H8N2Se/c14-11-12-7-3-1-5-9(12)10-6-2-4-8-13(10)11/h1-8H. The van der Waals surface area contributed by atoms with Crippen molar-refractivity contribution in [3.8, 4) is 0 Å². The second-order valence-corrected chi connectivity index (χ2v) is 3.96. The van der Waals surface area contributed by atoms with E-state index >= 15 is 0 Å². The normalized spacial score (nSPS) is 11.1. The molecule has 3 heterocycles. The molecular formula is C11H8N2Se. The average molecular weight is 247 g/mol. The van der Waals surface area contributed by atoms with Crippen molar-refractivity contribution in [3.63, 3.8) is 0 Å². The fourth-order valence-corrected chi connectivity index (χ4v) is 2.42. The summed E-state index contributed by atoms with van der Waals surface area (Å²) in [5.74, 6) is 0. The molecule has 0 aliphatic heterocycles. The van der Waals surface area contributed by atoms with Crippen LogP contribution in [0.1, 0.15) is 0 Å². The van der Waals surface area contributed by atoms with Crippen LogP contribution in [0.4, 0.5) is 0 Å². The van der Waals surface area contributed by atoms with Gasteiger partial charge in [0, 0.05) is 0 Å². The van der Waals surface area contributed by atoms with Crippen molar-refractivity contribution in [1.29, 1.82) is 0 Å². The van der Waals surface area contributed by atoms with Crippen LogP contribution in [0.5, 0.6) is 0 Å². The van der Waals surface area contributed by atoms with Gasteiger partial charge in [-0.05, 0) is 0 Å². The molecule has 0 atom stereocenters. The van der Waals surface area contributed by atoms with Crippen molar-refractivity contribution in [2.75, 3.05) is 0 Å². The van der Waals surface area contributed by atoms with Gasteiger partial charge in [0.05, 0.1) is 0 Å². The third-order valence-corrected chi connectivity index (χ3v) is 3.22. The molecule has 0 bridgehead atoms. The summed E-state index contributed by atoms with van der Waals surface area (Å²) >= 11 is 3.09. The molecule has 3 aromatic heterocycles. The molecule has 14 heavy (non-hydrogen) atoms. The van der Waals surface area contributed by atoms with Crippen LogP contribution < -0.4 is 0 Å². The van der Waals surface area contributed by atoms with Gasteiger partial charge in [0.2, 0.25) is 0 Å². The first-order valence-corrected chi connectivity index (χ1v) is 5.30. The Morgan fingerprint density at radius 3 is 1.79 bits per heavy atom. The molecule has 0 amide bonds. The second kappa shape index (κ2) is 2.84. The van der Waals surface area contributed by atoms with Gasteiger partial charge in [-0.3, -0.25) is 0 Å². The summed E-state index contributed by atoms with van der Waals surface area (Å²) in [6.07, 6.45) is 4.13. The van der Waals surface area contributed by atoms with Crippen LogP contribution in [-0.4, -0.2) is 24.4 Å². The Kier molecular flexibility index (Phi) is 1.63. The summed E-state index contributed by atoms with van der Waals surface area (Å²) in [6.45, 7) is 0. The van der Waals surface area contributed by atoms with Gasteiger partial charge in [0.25, 0.3) is 0 Å². The Hall–Kier alpha value is -1.31. The SMILES string of the molecule is [Se]=c1n2ccccc2c2ccccn12. The molecule has 0 saturated heterocycles. The van der Waals surface area contributed by atoms with E-state index in [0.717, 1.165) is 4.32 Å². The van der Waals surface area contributed by atoms with E-state index in [2.05, 4.69) is 61.0 Å². The van der Waals surface area contributed by atoms with E-state index in [1.807, 2.05) is 12.1 Å². The maximum atomic E-state index is 3.09. The first-order chi connectivity index (χ1) is 6.88. The molecule has 0 fully saturated rings. The Morgan fingerprint density at radius 1 is 0.786 bits per heavy atom. The van der Waals surface area contributed by atoms with Crippen LogP contribution in [0.25, 0.3) is 11.0 Å². The Balaban J connectivity index is 2.76. The third kappa shape index (κ3) is 0.939. The summed E-state index contributed by atoms with van der Waals surface area (Å²) < 4.78 is 5.40. The second-order valence-electron chi connectivity index (χ2n) is 3.19. The molecule has 0 radical (unpaired) electrons. The Morgan fingerprint density at radius 2 is 1.29 bits per heavy atom. The summed E-state index contributed by atoms with van der Waals surface area (Å²) in [6, 6.07) is 12.4. The molecule has 3 heteroatoms. The predicted molar refractivity (Wildman–Crippen MR) is 57.3 cm³/mol. The van der Waals surface area contributed by atoms with Crippen LogP contribution in [0.2, 0.25) is 0 Å². The first-order valence-electron chi connectivity index (χ1n) is 4.44. The van der Waals surface area contributed by atoms with Crippen molar-refractivity contribution < 1.29 is 0 Å². The Bertz CT molecular complexity index is 607. The minimum absolute atomic E-state index is 1.11. The van der Waals surface area contributed by atoms with Gasteiger partial charge >= 0.3 is 88.5 Å². The molecule has 0 saturated carbocycles. The van der Waals surface area contributed by atoms with Gasteiger partial charge in [-0.1, -0.05) is 0 Å². The zero-order chi connectivity index (χ0) is 9.54. The summed E-state index contributed by atoms with van der Waals surface area (Å²) in [5.41, 5.74) is 2.45. The van der Waals surface area contributed by atoms with Crippen LogP contribution in [0.15, 0.2) is 48.8 Å². The van der Waals surface area contributed by atoms with Gasteiger partial charge in [0.15, 0.2) is 0 Å². The number of imidazole rings is 1. The molecule has 3 aromatic rings. The fraction of sp³-hybridized carbons (Fsp3) is 0. The van der Waals surface area contributed by atoms with Gasteiger partial charge in [-0.15, -0.1) is 0 Å². The Labute approximate surface area is 88.8 Å². The van der Waals surface area contributed by atoms with Gasteiger partial charge in [0.1, 0.15) is 0 Å². The van der Waals surface area contributed by atoms with Crippen LogP contribution in [0.3, 0.4) is 0 Å². The van der Waals surface area contributed by atoms with Crippen LogP contribution in [0, 0.1) is 4.32 Å². The number of aromatic nitrogens is 2. The quantitative estimate of drug-likeness (QED) is 0.536. The van der Waals surface area contributed by atoms with Crippen molar-refractivity contribution in [2.24, 2.45) is 0 Å². The number of hydrogen-bond donors (Lipinski definition) is 0. The number of rotatable bonds is 0. The van der Waals surface area contributed by atoms with E-state index in [1.54, 1.807) is 0 Å². The molecule has 0 aliphatic carbocycles. The monoisotopic (exact) mass is 248 g/mol. The van der Waals surface area contributed by atoms with E-state index in [0.29, 0.717) is 0 Å². The molecule has 0 N–H and O–H groups in total. The van der Waals surface area contributed by atoms with Crippen molar-refractivity contribution in [1.82, 2.24) is 8.80 Å². The van der Waals surface area contributed by atoms with E-state index in [9.17, 15) is 0 Å². The van der Waals surface area contributed by atoms with E-state index < -0.39 is 0 Å². The van der Waals surface area contributed by atoms with Crippen molar-refractivity contribution >= 4 is 26.6 Å². The number of pyridine rings is 2. The molecule has 0 aromatic carbocycles. The molecular weight excluding hydrogens is 239 g/mol. The minimum atomic E-state index is 1.11. The van der Waals surface area contributed by atoms with Gasteiger partial charge in [-0.25, -0.2) is 0 Å². The molecule has 0 unspecified atom stereocenters. The number of nitrogens with zero attached hydrogens (tertiary/aromatic N) is 2. The maximum absolute atomic E-state index is 3.09. The van der Waals surface area contributed by atoms with Crippen LogP contribution in [-0.2, 0) is 0 Å². The van der Waals surface area contributed by atoms with E-state index in [1.165, 1.54) is 11.0 Å². The first kappa shape index (κ1) is 8.04. The molecule has 3 rings (SSSR count). The van der Waals surface area contributed by atoms with Gasteiger partial charge in [-0.2, -0.15) is 0 Å². The predicted octanol–water partition coefficient (Wildman–Crippen LogP) is 1.89. The summed E-state index contributed by atoms with van der Waals surface area (Å²) in [7, 11) is 0. The van der Waals surface area contributed by atoms with E-state index in [4.69, 9.17) is 0 Å². The van der Waals surface area contributed by atoms with E-state index in [-0.39, 0.29) is 0 Å². The molecule has 0 aliphatic rings. The summed E-state index contributed by atoms with van der Waals surface area (Å²) in [5, 5.41) is 0. The van der Waals surface area contributed by atoms with Crippen molar-refractivity contribution in [2.45, 2.75) is 0 Å². The zero-order valence-electron chi connectivity index (χ0n) is 7.42. The molecule has 0 spiro atoms. The van der Waals surface area contributed by atoms with Crippen LogP contribution >= 0.6 is 0 Å². The average Bonchev–Trinajstić information content (AvgIpc) is 2.55. The van der Waals surface area contributed by atoms with Gasteiger partial charge < -0.3 is 0 Å².